The van der Waals surface area contributed by atoms with Crippen LogP contribution in [0, 0.1) is 0 Å². The zero-order valence-electron chi connectivity index (χ0n) is 27.7. The molecule has 244 valence electrons. The number of aryl methyl sites for hydroxylation is 3. The lowest BCUT2D eigenvalue weighted by molar-refractivity contribution is -0.697. The summed E-state index contributed by atoms with van der Waals surface area (Å²) < 4.78 is 14.1. The van der Waals surface area contributed by atoms with E-state index in [1.54, 1.807) is 0 Å². The van der Waals surface area contributed by atoms with E-state index in [9.17, 15) is 0 Å². The highest BCUT2D eigenvalue weighted by Crippen LogP contribution is 2.11. The molecule has 43 heavy (non-hydrogen) atoms. The van der Waals surface area contributed by atoms with Crippen LogP contribution < -0.4 is 10.3 Å². The smallest absolute Gasteiger partial charge is 0.171 e. The van der Waals surface area contributed by atoms with Gasteiger partial charge in [-0.1, -0.05) is 89.5 Å². The molecule has 0 unspecified atom stereocenters. The first-order valence-electron chi connectivity index (χ1n) is 18.1. The minimum Gasteiger partial charge on any atom is -0.381 e. The molecule has 5 nitrogen and oxygen atoms in total. The quantitative estimate of drug-likeness (QED) is 0.0697. The molecular weight excluding hydrogens is 530 g/mol. The maximum absolute atomic E-state index is 5.91. The Labute approximate surface area is 265 Å². The summed E-state index contributed by atoms with van der Waals surface area (Å²) in [4.78, 5) is 4.17. The van der Waals surface area contributed by atoms with Crippen LogP contribution in [0.5, 0.6) is 0 Å². The molecule has 0 saturated heterocycles. The van der Waals surface area contributed by atoms with Crippen molar-refractivity contribution < 1.29 is 14.0 Å². The van der Waals surface area contributed by atoms with Gasteiger partial charge in [-0.05, 0) is 75.6 Å². The topological polar surface area (TPSA) is 61.2 Å². The molecule has 5 heteroatoms. The second-order valence-corrected chi connectivity index (χ2v) is 12.4. The third-order valence-corrected chi connectivity index (χ3v) is 8.35. The molecular formula is C38H66N3O2+. The second kappa shape index (κ2) is 28.9. The molecule has 0 saturated carbocycles. The van der Waals surface area contributed by atoms with Crippen molar-refractivity contribution in [1.82, 2.24) is 4.98 Å². The van der Waals surface area contributed by atoms with Crippen LogP contribution in [-0.4, -0.2) is 38.0 Å². The standard InChI is InChI=1S/C38H66N3O2/c39-27-15-11-7-3-1-2-5-9-13-18-32-43-34-22-26-38-24-20-30-41(36-38)29-16-12-8-4-6-10-14-17-31-42-33-21-25-37-23-19-28-40-35-37/h19-20,23-24,28,30,35-36H,1-18,21-22,25-27,29,31-34,39H2/q+1. The maximum Gasteiger partial charge on any atom is 0.171 e. The summed E-state index contributed by atoms with van der Waals surface area (Å²) in [5, 5.41) is 0. The monoisotopic (exact) mass is 597 g/mol. The molecule has 2 N–H and O–H groups in total. The van der Waals surface area contributed by atoms with E-state index in [-0.39, 0.29) is 0 Å². The zero-order valence-corrected chi connectivity index (χ0v) is 27.7. The number of rotatable bonds is 31. The van der Waals surface area contributed by atoms with Crippen molar-refractivity contribution in [3.8, 4) is 0 Å². The van der Waals surface area contributed by atoms with E-state index >= 15 is 0 Å². The first-order valence-corrected chi connectivity index (χ1v) is 18.1. The molecule has 0 bridgehead atoms. The largest absolute Gasteiger partial charge is 0.381 e. The summed E-state index contributed by atoms with van der Waals surface area (Å²) in [5.74, 6) is 0. The van der Waals surface area contributed by atoms with Crippen molar-refractivity contribution in [1.29, 1.82) is 0 Å². The van der Waals surface area contributed by atoms with Gasteiger partial charge >= 0.3 is 0 Å². The summed E-state index contributed by atoms with van der Waals surface area (Å²) in [6.07, 6.45) is 36.6. The van der Waals surface area contributed by atoms with Gasteiger partial charge in [-0.25, -0.2) is 4.57 Å². The second-order valence-electron chi connectivity index (χ2n) is 12.4. The van der Waals surface area contributed by atoms with Gasteiger partial charge in [-0.2, -0.15) is 0 Å². The summed E-state index contributed by atoms with van der Waals surface area (Å²) in [7, 11) is 0. The number of unbranched alkanes of at least 4 members (excludes halogenated alkanes) is 16. The Bertz CT molecular complexity index is 848. The van der Waals surface area contributed by atoms with Gasteiger partial charge in [-0.15, -0.1) is 0 Å². The van der Waals surface area contributed by atoms with E-state index in [1.807, 2.05) is 18.5 Å². The molecule has 0 aliphatic heterocycles. The Balaban J connectivity index is 1.30. The SMILES string of the molecule is NCCCCCCCCCCCCOCCCc1ccc[n+](CCCCCCCCCCOCCCc2cccnc2)c1. The first kappa shape index (κ1) is 37.4. The molecule has 0 amide bonds. The van der Waals surface area contributed by atoms with E-state index in [0.717, 1.165) is 65.2 Å². The van der Waals surface area contributed by atoms with E-state index in [0.29, 0.717) is 0 Å². The first-order chi connectivity index (χ1) is 21.4. The van der Waals surface area contributed by atoms with Gasteiger partial charge in [0.15, 0.2) is 12.4 Å². The van der Waals surface area contributed by atoms with Crippen molar-refractivity contribution in [2.45, 2.75) is 148 Å². The Morgan fingerprint density at radius 2 is 1.02 bits per heavy atom. The molecule has 0 aromatic carbocycles. The zero-order chi connectivity index (χ0) is 30.3. The van der Waals surface area contributed by atoms with E-state index < -0.39 is 0 Å². The highest BCUT2D eigenvalue weighted by Gasteiger charge is 2.04. The van der Waals surface area contributed by atoms with Crippen molar-refractivity contribution in [2.75, 3.05) is 33.0 Å². The average Bonchev–Trinajstić information content (AvgIpc) is 3.04. The predicted octanol–water partition coefficient (Wildman–Crippen LogP) is 8.95. The van der Waals surface area contributed by atoms with Gasteiger partial charge in [0.05, 0.1) is 0 Å². The number of hydrogen-bond acceptors (Lipinski definition) is 4. The van der Waals surface area contributed by atoms with Crippen LogP contribution in [0.2, 0.25) is 0 Å². The lowest BCUT2D eigenvalue weighted by atomic mass is 10.1. The van der Waals surface area contributed by atoms with Crippen LogP contribution in [0.1, 0.15) is 140 Å². The van der Waals surface area contributed by atoms with E-state index in [4.69, 9.17) is 15.2 Å². The van der Waals surface area contributed by atoms with Gasteiger partial charge in [0.25, 0.3) is 0 Å². The number of hydrogen-bond donors (Lipinski definition) is 1. The molecule has 0 atom stereocenters. The molecule has 2 rings (SSSR count). The highest BCUT2D eigenvalue weighted by molar-refractivity contribution is 5.08. The summed E-state index contributed by atoms with van der Waals surface area (Å²) in [6, 6.07) is 8.62. The molecule has 0 aliphatic carbocycles. The number of nitrogens with zero attached hydrogens (tertiary/aromatic N) is 2. The minimum absolute atomic E-state index is 0.850. The summed E-state index contributed by atoms with van der Waals surface area (Å²) in [5.41, 5.74) is 8.29. The van der Waals surface area contributed by atoms with Crippen molar-refractivity contribution >= 4 is 0 Å². The number of pyridine rings is 2. The Hall–Kier alpha value is -1.82. The summed E-state index contributed by atoms with van der Waals surface area (Å²) in [6.45, 7) is 5.57. The van der Waals surface area contributed by atoms with Crippen molar-refractivity contribution in [3.63, 3.8) is 0 Å². The van der Waals surface area contributed by atoms with Crippen LogP contribution in [-0.2, 0) is 28.9 Å². The van der Waals surface area contributed by atoms with Crippen LogP contribution in [0.3, 0.4) is 0 Å². The van der Waals surface area contributed by atoms with Crippen LogP contribution in [0.4, 0.5) is 0 Å². The number of nitrogens with two attached hydrogens (primary N) is 1. The Morgan fingerprint density at radius 3 is 1.58 bits per heavy atom. The van der Waals surface area contributed by atoms with Crippen molar-refractivity contribution in [3.05, 3.63) is 60.2 Å². The Kier molecular flexibility index (Phi) is 25.1. The molecule has 2 aromatic rings. The van der Waals surface area contributed by atoms with E-state index in [1.165, 1.54) is 127 Å². The van der Waals surface area contributed by atoms with Gasteiger partial charge in [0.2, 0.25) is 0 Å². The maximum atomic E-state index is 5.91. The fourth-order valence-corrected chi connectivity index (χ4v) is 5.69. The molecule has 0 radical (unpaired) electrons. The minimum atomic E-state index is 0.850. The lowest BCUT2D eigenvalue weighted by Gasteiger charge is -2.05. The molecule has 2 heterocycles. The van der Waals surface area contributed by atoms with Gasteiger partial charge in [-0.3, -0.25) is 4.98 Å². The Morgan fingerprint density at radius 1 is 0.535 bits per heavy atom. The summed E-state index contributed by atoms with van der Waals surface area (Å²) >= 11 is 0. The fourth-order valence-electron chi connectivity index (χ4n) is 5.69. The molecule has 0 aliphatic rings. The predicted molar refractivity (Wildman–Crippen MR) is 181 cm³/mol. The van der Waals surface area contributed by atoms with Crippen LogP contribution >= 0.6 is 0 Å². The van der Waals surface area contributed by atoms with Crippen molar-refractivity contribution in [2.24, 2.45) is 5.73 Å². The number of aromatic nitrogens is 2. The third kappa shape index (κ3) is 23.3. The van der Waals surface area contributed by atoms with Gasteiger partial charge < -0.3 is 15.2 Å². The molecule has 0 fully saturated rings. The van der Waals surface area contributed by atoms with Crippen LogP contribution in [0.25, 0.3) is 0 Å². The molecule has 0 spiro atoms. The van der Waals surface area contributed by atoms with E-state index in [2.05, 4.69) is 40.1 Å². The molecule has 2 aromatic heterocycles. The average molecular weight is 597 g/mol. The highest BCUT2D eigenvalue weighted by atomic mass is 16.5. The normalized spacial score (nSPS) is 11.4. The van der Waals surface area contributed by atoms with Crippen LogP contribution in [0.15, 0.2) is 49.1 Å². The lowest BCUT2D eigenvalue weighted by Crippen LogP contribution is -2.33. The van der Waals surface area contributed by atoms with Gasteiger partial charge in [0, 0.05) is 56.9 Å². The number of ether oxygens (including phenoxy) is 2. The fraction of sp³-hybridized carbons (Fsp3) is 0.737. The third-order valence-electron chi connectivity index (χ3n) is 8.35. The van der Waals surface area contributed by atoms with Gasteiger partial charge in [0.1, 0.15) is 6.54 Å².